The molecule has 1 aromatic carbocycles. The van der Waals surface area contributed by atoms with Crippen molar-refractivity contribution in [2.75, 3.05) is 23.7 Å². The van der Waals surface area contributed by atoms with Crippen LogP contribution in [0.1, 0.15) is 52.9 Å². The molecule has 8 heteroatoms. The summed E-state index contributed by atoms with van der Waals surface area (Å²) in [5.74, 6) is -0.574. The van der Waals surface area contributed by atoms with Crippen molar-refractivity contribution in [3.8, 4) is 0 Å². The lowest BCUT2D eigenvalue weighted by molar-refractivity contribution is -0.121. The lowest BCUT2D eigenvalue weighted by Crippen LogP contribution is -2.37. The number of nitrogens with one attached hydrogen (secondary N) is 4. The van der Waals surface area contributed by atoms with Crippen LogP contribution in [-0.4, -0.2) is 36.9 Å². The van der Waals surface area contributed by atoms with Gasteiger partial charge < -0.3 is 21.3 Å². The predicted molar refractivity (Wildman–Crippen MR) is 121 cm³/mol. The number of anilines is 2. The highest BCUT2D eigenvalue weighted by Crippen LogP contribution is 2.29. The van der Waals surface area contributed by atoms with Crippen LogP contribution in [0.25, 0.3) is 0 Å². The van der Waals surface area contributed by atoms with E-state index >= 15 is 0 Å². The number of hydrogen-bond donors (Lipinski definition) is 4. The minimum Gasteiger partial charge on any atom is -0.373 e. The van der Waals surface area contributed by atoms with Gasteiger partial charge in [-0.05, 0) is 64.2 Å². The van der Waals surface area contributed by atoms with Gasteiger partial charge in [0.25, 0.3) is 5.91 Å². The molecule has 1 aliphatic rings. The van der Waals surface area contributed by atoms with Crippen LogP contribution < -0.4 is 21.3 Å². The first-order chi connectivity index (χ1) is 14.4. The summed E-state index contributed by atoms with van der Waals surface area (Å²) < 4.78 is 0. The molecule has 4 N–H and O–H groups in total. The van der Waals surface area contributed by atoms with Crippen LogP contribution >= 0.6 is 11.6 Å². The van der Waals surface area contributed by atoms with E-state index in [1.165, 1.54) is 0 Å². The number of halogens is 1. The van der Waals surface area contributed by atoms with Gasteiger partial charge in [-0.25, -0.2) is 0 Å². The maximum Gasteiger partial charge on any atom is 0.252 e. The molecule has 1 atom stereocenters. The summed E-state index contributed by atoms with van der Waals surface area (Å²) in [4.78, 5) is 37.3. The number of rotatable bonds is 9. The summed E-state index contributed by atoms with van der Waals surface area (Å²) in [6.07, 6.45) is 3.81. The number of likely N-dealkylation sites (N-methyl/N-ethyl adjacent to an activating group) is 1. The van der Waals surface area contributed by atoms with E-state index < -0.39 is 6.04 Å². The van der Waals surface area contributed by atoms with Crippen molar-refractivity contribution in [1.82, 2.24) is 10.6 Å². The Hall–Kier alpha value is -2.54. The van der Waals surface area contributed by atoms with Crippen molar-refractivity contribution < 1.29 is 14.4 Å². The van der Waals surface area contributed by atoms with Crippen molar-refractivity contribution in [3.63, 3.8) is 0 Å². The van der Waals surface area contributed by atoms with Gasteiger partial charge >= 0.3 is 0 Å². The molecule has 1 aromatic rings. The first-order valence-electron chi connectivity index (χ1n) is 10.5. The first kappa shape index (κ1) is 23.7. The van der Waals surface area contributed by atoms with Gasteiger partial charge in [0.2, 0.25) is 11.8 Å². The van der Waals surface area contributed by atoms with Crippen molar-refractivity contribution >= 4 is 40.7 Å². The van der Waals surface area contributed by atoms with Crippen LogP contribution in [0.3, 0.4) is 0 Å². The number of carbonyl (C=O) groups is 3. The van der Waals surface area contributed by atoms with Gasteiger partial charge in [0.05, 0.1) is 10.7 Å². The molecule has 0 spiro atoms. The zero-order valence-electron chi connectivity index (χ0n) is 17.9. The molecule has 0 fully saturated rings. The maximum atomic E-state index is 12.9. The number of hydrogen-bond acceptors (Lipinski definition) is 4. The Balaban J connectivity index is 2.16. The van der Waals surface area contributed by atoms with Crippen molar-refractivity contribution in [1.29, 1.82) is 0 Å². The molecule has 0 bridgehead atoms. The average molecular weight is 435 g/mol. The molecule has 30 heavy (non-hydrogen) atoms. The summed E-state index contributed by atoms with van der Waals surface area (Å²) in [5, 5.41) is 12.0. The Morgan fingerprint density at radius 1 is 1.03 bits per heavy atom. The van der Waals surface area contributed by atoms with Gasteiger partial charge in [0, 0.05) is 29.9 Å². The van der Waals surface area contributed by atoms with Crippen LogP contribution in [0.15, 0.2) is 29.3 Å². The quantitative estimate of drug-likeness (QED) is 0.477. The summed E-state index contributed by atoms with van der Waals surface area (Å²) in [6, 6.07) is 4.57. The normalized spacial score (nSPS) is 14.7. The van der Waals surface area contributed by atoms with Crippen molar-refractivity contribution in [2.45, 2.75) is 58.9 Å². The smallest absolute Gasteiger partial charge is 0.252 e. The highest BCUT2D eigenvalue weighted by molar-refractivity contribution is 6.33. The zero-order chi connectivity index (χ0) is 22.1. The maximum absolute atomic E-state index is 12.9. The third-order valence-corrected chi connectivity index (χ3v) is 5.22. The van der Waals surface area contributed by atoms with E-state index in [1.54, 1.807) is 25.1 Å². The molecule has 1 aliphatic carbocycles. The average Bonchev–Trinajstić information content (AvgIpc) is 2.74. The van der Waals surface area contributed by atoms with E-state index in [9.17, 15) is 14.4 Å². The molecule has 3 amide bonds. The lowest BCUT2D eigenvalue weighted by Gasteiger charge is -2.20. The van der Waals surface area contributed by atoms with Crippen molar-refractivity contribution in [2.24, 2.45) is 0 Å². The largest absolute Gasteiger partial charge is 0.373 e. The predicted octanol–water partition coefficient (Wildman–Crippen LogP) is 3.61. The SMILES string of the molecule is CCCNC(=O)C1=C(C(=O)Nc2ccc(Cl)c(NC(C)C(=O)NCC)c2)CCCC1. The van der Waals surface area contributed by atoms with Gasteiger partial charge in [-0.15, -0.1) is 0 Å². The van der Waals surface area contributed by atoms with E-state index in [-0.39, 0.29) is 17.7 Å². The second kappa shape index (κ2) is 11.6. The molecular formula is C22H31ClN4O3. The van der Waals surface area contributed by atoms with E-state index in [2.05, 4.69) is 21.3 Å². The van der Waals surface area contributed by atoms with Crippen LogP contribution in [0, 0.1) is 0 Å². The topological polar surface area (TPSA) is 99.3 Å². The molecule has 1 unspecified atom stereocenters. The third-order valence-electron chi connectivity index (χ3n) is 4.89. The Morgan fingerprint density at radius 2 is 1.70 bits per heavy atom. The standard InChI is InChI=1S/C22H31ClN4O3/c1-4-12-25-21(29)16-8-6-7-9-17(16)22(30)27-15-10-11-18(23)19(13-15)26-14(3)20(28)24-5-2/h10-11,13-14,26H,4-9,12H2,1-3H3,(H,24,28)(H,25,29)(H,27,30). The van der Waals surface area contributed by atoms with Gasteiger partial charge in [0.1, 0.15) is 6.04 Å². The second-order valence-corrected chi connectivity index (χ2v) is 7.74. The van der Waals surface area contributed by atoms with Crippen LogP contribution in [-0.2, 0) is 14.4 Å². The number of amides is 3. The minimum absolute atomic E-state index is 0.141. The fourth-order valence-corrected chi connectivity index (χ4v) is 3.47. The lowest BCUT2D eigenvalue weighted by atomic mass is 9.90. The molecule has 2 rings (SSSR count). The summed E-state index contributed by atoms with van der Waals surface area (Å²) in [5.41, 5.74) is 2.20. The Labute approximate surface area is 183 Å². The summed E-state index contributed by atoms with van der Waals surface area (Å²) in [7, 11) is 0. The summed E-state index contributed by atoms with van der Waals surface area (Å²) >= 11 is 6.25. The van der Waals surface area contributed by atoms with E-state index in [4.69, 9.17) is 11.6 Å². The van der Waals surface area contributed by atoms with Gasteiger partial charge in [0.15, 0.2) is 0 Å². The third kappa shape index (κ3) is 6.49. The fourth-order valence-electron chi connectivity index (χ4n) is 3.30. The monoisotopic (exact) mass is 434 g/mol. The van der Waals surface area contributed by atoms with E-state index in [1.807, 2.05) is 13.8 Å². The molecule has 164 valence electrons. The Bertz CT molecular complexity index is 823. The zero-order valence-corrected chi connectivity index (χ0v) is 18.6. The van der Waals surface area contributed by atoms with Gasteiger partial charge in [-0.1, -0.05) is 18.5 Å². The molecule has 0 saturated heterocycles. The molecule has 0 aromatic heterocycles. The number of benzene rings is 1. The van der Waals surface area contributed by atoms with Crippen LogP contribution in [0.5, 0.6) is 0 Å². The fraction of sp³-hybridized carbons (Fsp3) is 0.500. The highest BCUT2D eigenvalue weighted by atomic mass is 35.5. The molecule has 0 saturated carbocycles. The molecule has 7 nitrogen and oxygen atoms in total. The Morgan fingerprint density at radius 3 is 2.33 bits per heavy atom. The van der Waals surface area contributed by atoms with Gasteiger partial charge in [-0.2, -0.15) is 0 Å². The Kier molecular flexibility index (Phi) is 9.17. The molecule has 0 aliphatic heterocycles. The summed E-state index contributed by atoms with van der Waals surface area (Å²) in [6.45, 7) is 6.71. The van der Waals surface area contributed by atoms with E-state index in [0.717, 1.165) is 19.3 Å². The molecule has 0 heterocycles. The molecular weight excluding hydrogens is 404 g/mol. The minimum atomic E-state index is -0.483. The van der Waals surface area contributed by atoms with Crippen LogP contribution in [0.2, 0.25) is 5.02 Å². The van der Waals surface area contributed by atoms with E-state index in [0.29, 0.717) is 53.5 Å². The molecule has 0 radical (unpaired) electrons. The first-order valence-corrected chi connectivity index (χ1v) is 10.9. The highest BCUT2D eigenvalue weighted by Gasteiger charge is 2.24. The van der Waals surface area contributed by atoms with Crippen molar-refractivity contribution in [3.05, 3.63) is 34.4 Å². The van der Waals surface area contributed by atoms with Crippen LogP contribution in [0.4, 0.5) is 11.4 Å². The second-order valence-electron chi connectivity index (χ2n) is 7.33. The number of carbonyl (C=O) groups excluding carboxylic acids is 3. The van der Waals surface area contributed by atoms with Gasteiger partial charge in [-0.3, -0.25) is 14.4 Å².